The number of amides is 2. The molecular formula is C9H15N3O2S. The molecule has 6 heteroatoms. The molecule has 3 N–H and O–H groups in total. The molecule has 0 aromatic carbocycles. The Kier molecular flexibility index (Phi) is 4.48. The first-order valence-corrected chi connectivity index (χ1v) is 5.44. The summed E-state index contributed by atoms with van der Waals surface area (Å²) in [6.07, 6.45) is 3.06. The van der Waals surface area contributed by atoms with Crippen LogP contribution < -0.4 is 16.2 Å². The summed E-state index contributed by atoms with van der Waals surface area (Å²) in [5.74, 6) is -0.103. The first-order chi connectivity index (χ1) is 7.13. The summed E-state index contributed by atoms with van der Waals surface area (Å²) < 4.78 is 0. The van der Waals surface area contributed by atoms with E-state index in [1.807, 2.05) is 6.92 Å². The Bertz CT molecular complexity index is 277. The summed E-state index contributed by atoms with van der Waals surface area (Å²) in [4.78, 5) is 22.3. The number of rotatable bonds is 3. The number of carbonyl (C=O) groups excluding carboxylic acids is 2. The van der Waals surface area contributed by atoms with Gasteiger partial charge in [-0.1, -0.05) is 6.92 Å². The number of hydrazine groups is 1. The Hall–Kier alpha value is -1.17. The van der Waals surface area contributed by atoms with Gasteiger partial charge in [-0.15, -0.1) is 0 Å². The molecule has 0 bridgehead atoms. The first kappa shape index (κ1) is 11.9. The lowest BCUT2D eigenvalue weighted by Crippen LogP contribution is -2.48. The fourth-order valence-electron chi connectivity index (χ4n) is 1.01. The summed E-state index contributed by atoms with van der Waals surface area (Å²) in [5.41, 5.74) is 4.88. The highest BCUT2D eigenvalue weighted by molar-refractivity contribution is 7.80. The smallest absolute Gasteiger partial charge is 0.238 e. The molecular weight excluding hydrogens is 214 g/mol. The van der Waals surface area contributed by atoms with Crippen molar-refractivity contribution in [2.75, 3.05) is 0 Å². The van der Waals surface area contributed by atoms with E-state index in [0.29, 0.717) is 6.42 Å². The third-order valence-corrected chi connectivity index (χ3v) is 2.18. The van der Waals surface area contributed by atoms with Crippen molar-refractivity contribution in [3.8, 4) is 0 Å². The van der Waals surface area contributed by atoms with Gasteiger partial charge in [0.2, 0.25) is 11.8 Å². The maximum absolute atomic E-state index is 11.2. The van der Waals surface area contributed by atoms with Gasteiger partial charge in [0.05, 0.1) is 0 Å². The quantitative estimate of drug-likeness (QED) is 0.478. The molecule has 2 amide bonds. The molecule has 0 saturated heterocycles. The maximum atomic E-state index is 11.2. The zero-order valence-electron chi connectivity index (χ0n) is 8.63. The second-order valence-corrected chi connectivity index (χ2v) is 3.92. The van der Waals surface area contributed by atoms with Gasteiger partial charge in [0, 0.05) is 12.3 Å². The lowest BCUT2D eigenvalue weighted by molar-refractivity contribution is -0.122. The predicted molar refractivity (Wildman–Crippen MR) is 59.7 cm³/mol. The van der Waals surface area contributed by atoms with Crippen molar-refractivity contribution in [3.05, 3.63) is 0 Å². The molecule has 1 rings (SSSR count). The highest BCUT2D eigenvalue weighted by Crippen LogP contribution is 2.28. The molecule has 0 aromatic rings. The van der Waals surface area contributed by atoms with Crippen LogP contribution in [0.15, 0.2) is 0 Å². The molecule has 1 saturated carbocycles. The van der Waals surface area contributed by atoms with E-state index in [9.17, 15) is 9.59 Å². The number of thiocarbonyl (C=S) groups is 1. The molecule has 0 heterocycles. The van der Waals surface area contributed by atoms with Crippen molar-refractivity contribution in [2.24, 2.45) is 5.92 Å². The Morgan fingerprint density at radius 3 is 2.53 bits per heavy atom. The summed E-state index contributed by atoms with van der Waals surface area (Å²) >= 11 is 4.82. The van der Waals surface area contributed by atoms with Crippen molar-refractivity contribution >= 4 is 29.1 Å². The van der Waals surface area contributed by atoms with Gasteiger partial charge < -0.3 is 5.32 Å². The maximum Gasteiger partial charge on any atom is 0.238 e. The van der Waals surface area contributed by atoms with E-state index in [-0.39, 0.29) is 22.8 Å². The van der Waals surface area contributed by atoms with Crippen molar-refractivity contribution in [3.63, 3.8) is 0 Å². The Balaban J connectivity index is 2.12. The number of carbonyl (C=O) groups is 2. The van der Waals surface area contributed by atoms with E-state index in [2.05, 4.69) is 16.2 Å². The molecule has 0 aliphatic heterocycles. The molecule has 1 fully saturated rings. The molecule has 0 radical (unpaired) electrons. The van der Waals surface area contributed by atoms with Crippen LogP contribution in [-0.4, -0.2) is 16.9 Å². The second kappa shape index (κ2) is 5.65. The monoisotopic (exact) mass is 229 g/mol. The molecule has 1 aliphatic rings. The first-order valence-electron chi connectivity index (χ1n) is 5.03. The topological polar surface area (TPSA) is 70.2 Å². The Labute approximate surface area is 94.0 Å². The molecule has 1 aliphatic carbocycles. The highest BCUT2D eigenvalue weighted by Gasteiger charge is 2.29. The molecule has 0 aromatic heterocycles. The average molecular weight is 229 g/mol. The van der Waals surface area contributed by atoms with E-state index in [1.54, 1.807) is 0 Å². The van der Waals surface area contributed by atoms with E-state index in [1.165, 1.54) is 0 Å². The standard InChI is InChI=1S/C9H15N3O2S/c1-2-3-7(13)11-12-9(15)10-8(14)6-4-5-6/h6H,2-5H2,1H3,(H,11,13)(H2,10,12,14,15). The fraction of sp³-hybridized carbons (Fsp3) is 0.667. The van der Waals surface area contributed by atoms with Gasteiger partial charge in [0.25, 0.3) is 0 Å². The van der Waals surface area contributed by atoms with Crippen molar-refractivity contribution < 1.29 is 9.59 Å². The number of nitrogens with one attached hydrogen (secondary N) is 3. The summed E-state index contributed by atoms with van der Waals surface area (Å²) in [7, 11) is 0. The summed E-state index contributed by atoms with van der Waals surface area (Å²) in [6.45, 7) is 1.91. The van der Waals surface area contributed by atoms with Crippen LogP contribution in [-0.2, 0) is 9.59 Å². The molecule has 5 nitrogen and oxygen atoms in total. The van der Waals surface area contributed by atoms with Crippen LogP contribution in [0, 0.1) is 5.92 Å². The Morgan fingerprint density at radius 1 is 1.33 bits per heavy atom. The molecule has 0 atom stereocenters. The van der Waals surface area contributed by atoms with E-state index in [4.69, 9.17) is 12.2 Å². The zero-order valence-corrected chi connectivity index (χ0v) is 9.45. The molecule has 0 spiro atoms. The third kappa shape index (κ3) is 4.73. The molecule has 84 valence electrons. The van der Waals surface area contributed by atoms with Crippen LogP contribution in [0.3, 0.4) is 0 Å². The molecule has 0 unspecified atom stereocenters. The lowest BCUT2D eigenvalue weighted by Gasteiger charge is -2.09. The second-order valence-electron chi connectivity index (χ2n) is 3.52. The highest BCUT2D eigenvalue weighted by atomic mass is 32.1. The third-order valence-electron chi connectivity index (χ3n) is 1.98. The van der Waals surface area contributed by atoms with Gasteiger partial charge in [-0.2, -0.15) is 0 Å². The SMILES string of the molecule is CCCC(=O)NNC(=S)NC(=O)C1CC1. The van der Waals surface area contributed by atoms with Gasteiger partial charge in [-0.25, -0.2) is 0 Å². The van der Waals surface area contributed by atoms with Crippen LogP contribution >= 0.6 is 12.2 Å². The van der Waals surface area contributed by atoms with Crippen molar-refractivity contribution in [2.45, 2.75) is 32.6 Å². The fourth-order valence-corrected chi connectivity index (χ4v) is 1.16. The van der Waals surface area contributed by atoms with E-state index >= 15 is 0 Å². The van der Waals surface area contributed by atoms with Gasteiger partial charge in [0.15, 0.2) is 5.11 Å². The van der Waals surface area contributed by atoms with Crippen LogP contribution in [0.4, 0.5) is 0 Å². The Morgan fingerprint density at radius 2 is 2.00 bits per heavy atom. The lowest BCUT2D eigenvalue weighted by atomic mass is 10.3. The predicted octanol–water partition coefficient (Wildman–Crippen LogP) is 0.218. The van der Waals surface area contributed by atoms with E-state index in [0.717, 1.165) is 19.3 Å². The van der Waals surface area contributed by atoms with Crippen LogP contribution in [0.5, 0.6) is 0 Å². The van der Waals surface area contributed by atoms with Crippen LogP contribution in [0.25, 0.3) is 0 Å². The average Bonchev–Trinajstić information content (AvgIpc) is 2.98. The number of hydrogen-bond donors (Lipinski definition) is 3. The van der Waals surface area contributed by atoms with Crippen LogP contribution in [0.1, 0.15) is 32.6 Å². The number of hydrogen-bond acceptors (Lipinski definition) is 3. The summed E-state index contributed by atoms with van der Waals surface area (Å²) in [5, 5.41) is 2.66. The van der Waals surface area contributed by atoms with Crippen molar-refractivity contribution in [1.82, 2.24) is 16.2 Å². The normalized spacial score (nSPS) is 14.2. The largest absolute Gasteiger partial charge is 0.302 e. The van der Waals surface area contributed by atoms with Gasteiger partial charge in [-0.05, 0) is 31.5 Å². The van der Waals surface area contributed by atoms with Crippen LogP contribution in [0.2, 0.25) is 0 Å². The van der Waals surface area contributed by atoms with Crippen molar-refractivity contribution in [1.29, 1.82) is 0 Å². The zero-order chi connectivity index (χ0) is 11.3. The van der Waals surface area contributed by atoms with Gasteiger partial charge in [-0.3, -0.25) is 20.4 Å². The minimum Gasteiger partial charge on any atom is -0.302 e. The minimum absolute atomic E-state index is 0.0720. The molecule has 15 heavy (non-hydrogen) atoms. The van der Waals surface area contributed by atoms with E-state index < -0.39 is 0 Å². The van der Waals surface area contributed by atoms with Gasteiger partial charge in [0.1, 0.15) is 0 Å². The minimum atomic E-state index is -0.138. The van der Waals surface area contributed by atoms with Gasteiger partial charge >= 0.3 is 0 Å². The summed E-state index contributed by atoms with van der Waals surface area (Å²) in [6, 6.07) is 0.